The molecule has 142 valence electrons. The van der Waals surface area contributed by atoms with Crippen LogP contribution >= 0.6 is 12.2 Å². The zero-order chi connectivity index (χ0) is 19.4. The number of anilines is 3. The molecule has 9 heteroatoms. The predicted octanol–water partition coefficient (Wildman–Crippen LogP) is 3.14. The number of fused-ring (bicyclic) bond motifs is 1. The van der Waals surface area contributed by atoms with Crippen LogP contribution in [0.4, 0.5) is 22.1 Å². The van der Waals surface area contributed by atoms with Gasteiger partial charge in [-0.05, 0) is 62.7 Å². The molecular weight excluding hydrogens is 366 g/mol. The minimum absolute atomic E-state index is 0.133. The number of nitrogens with zero attached hydrogens (tertiary/aromatic N) is 2. The molecule has 1 aromatic heterocycles. The molecule has 0 saturated carbocycles. The van der Waals surface area contributed by atoms with Crippen LogP contribution in [0.5, 0.6) is 0 Å². The number of carbonyl (C=O) groups is 2. The van der Waals surface area contributed by atoms with E-state index in [9.17, 15) is 9.59 Å². The zero-order valence-electron chi connectivity index (χ0n) is 15.2. The number of nitrogens with one attached hydrogen (secondary N) is 3. The summed E-state index contributed by atoms with van der Waals surface area (Å²) in [5.74, 6) is 0.220. The summed E-state index contributed by atoms with van der Waals surface area (Å²) in [7, 11) is 0. The van der Waals surface area contributed by atoms with Gasteiger partial charge in [0.05, 0.1) is 18.0 Å². The van der Waals surface area contributed by atoms with Gasteiger partial charge in [0.2, 0.25) is 11.9 Å². The van der Waals surface area contributed by atoms with E-state index < -0.39 is 6.09 Å². The standard InChI is InChI=1S/C18H21N5O3S/c1-3-26-18(25)23-15-6-4-5-14(15)21-16(23)22-17(27)20-13-9-7-12(8-10-13)19-11(2)24/h7-10H,3-6H2,1-2H3,(H,19,24)(H2,20,21,22,27). The van der Waals surface area contributed by atoms with E-state index in [1.165, 1.54) is 11.5 Å². The van der Waals surface area contributed by atoms with Gasteiger partial charge < -0.3 is 20.7 Å². The molecule has 1 amide bonds. The molecular formula is C18H21N5O3S. The molecule has 0 bridgehead atoms. The van der Waals surface area contributed by atoms with Crippen molar-refractivity contribution in [2.24, 2.45) is 0 Å². The molecule has 3 N–H and O–H groups in total. The minimum Gasteiger partial charge on any atom is -0.449 e. The Hall–Kier alpha value is -2.94. The number of aryl methyl sites for hydroxylation is 1. The first kappa shape index (κ1) is 18.8. The van der Waals surface area contributed by atoms with Crippen LogP contribution in [0, 0.1) is 0 Å². The molecule has 0 aliphatic heterocycles. The lowest BCUT2D eigenvalue weighted by Gasteiger charge is -2.13. The first-order valence-electron chi connectivity index (χ1n) is 8.71. The number of benzene rings is 1. The van der Waals surface area contributed by atoms with E-state index in [2.05, 4.69) is 20.9 Å². The second-order valence-corrected chi connectivity index (χ2v) is 6.46. The number of rotatable bonds is 4. The highest BCUT2D eigenvalue weighted by Gasteiger charge is 2.26. The molecule has 0 fully saturated rings. The maximum Gasteiger partial charge on any atom is 0.421 e. The van der Waals surface area contributed by atoms with Gasteiger partial charge in [-0.2, -0.15) is 0 Å². The Morgan fingerprint density at radius 2 is 1.81 bits per heavy atom. The molecule has 0 saturated heterocycles. The number of thiocarbonyl (C=S) groups is 1. The highest BCUT2D eigenvalue weighted by atomic mass is 32.1. The van der Waals surface area contributed by atoms with E-state index in [0.717, 1.165) is 36.3 Å². The van der Waals surface area contributed by atoms with Crippen LogP contribution in [0.1, 0.15) is 31.7 Å². The van der Waals surface area contributed by atoms with Crippen molar-refractivity contribution in [1.29, 1.82) is 0 Å². The van der Waals surface area contributed by atoms with Crippen LogP contribution in [0.15, 0.2) is 24.3 Å². The first-order valence-corrected chi connectivity index (χ1v) is 9.12. The summed E-state index contributed by atoms with van der Waals surface area (Å²) in [6.07, 6.45) is 2.13. The summed E-state index contributed by atoms with van der Waals surface area (Å²) >= 11 is 5.34. The van der Waals surface area contributed by atoms with Gasteiger partial charge in [0.25, 0.3) is 0 Å². The third-order valence-electron chi connectivity index (χ3n) is 4.02. The van der Waals surface area contributed by atoms with Crippen LogP contribution in [-0.2, 0) is 22.4 Å². The van der Waals surface area contributed by atoms with Gasteiger partial charge in [-0.3, -0.25) is 4.79 Å². The fourth-order valence-electron chi connectivity index (χ4n) is 2.95. The Kier molecular flexibility index (Phi) is 5.70. The van der Waals surface area contributed by atoms with Crippen LogP contribution in [0.25, 0.3) is 0 Å². The summed E-state index contributed by atoms with van der Waals surface area (Å²) in [5, 5.41) is 9.01. The Morgan fingerprint density at radius 1 is 1.15 bits per heavy atom. The molecule has 1 heterocycles. The lowest BCUT2D eigenvalue weighted by Crippen LogP contribution is -2.25. The number of imidazole rings is 1. The zero-order valence-corrected chi connectivity index (χ0v) is 16.0. The van der Waals surface area contributed by atoms with Crippen molar-refractivity contribution in [1.82, 2.24) is 9.55 Å². The summed E-state index contributed by atoms with van der Waals surface area (Å²) < 4.78 is 6.60. The Balaban J connectivity index is 1.71. The second kappa shape index (κ2) is 8.17. The number of aromatic nitrogens is 2. The van der Waals surface area contributed by atoms with E-state index in [0.29, 0.717) is 16.7 Å². The summed E-state index contributed by atoms with van der Waals surface area (Å²) in [4.78, 5) is 27.9. The van der Waals surface area contributed by atoms with Gasteiger partial charge in [-0.1, -0.05) is 0 Å². The molecule has 0 unspecified atom stereocenters. The molecule has 1 aliphatic rings. The van der Waals surface area contributed by atoms with Crippen molar-refractivity contribution in [3.8, 4) is 0 Å². The summed E-state index contributed by atoms with van der Waals surface area (Å²) in [5.41, 5.74) is 3.20. The molecule has 2 aromatic rings. The average molecular weight is 387 g/mol. The maximum absolute atomic E-state index is 12.3. The third kappa shape index (κ3) is 4.43. The fraction of sp³-hybridized carbons (Fsp3) is 0.333. The Morgan fingerprint density at radius 3 is 2.44 bits per heavy atom. The maximum atomic E-state index is 12.3. The van der Waals surface area contributed by atoms with Crippen LogP contribution < -0.4 is 16.0 Å². The molecule has 0 spiro atoms. The predicted molar refractivity (Wildman–Crippen MR) is 107 cm³/mol. The smallest absolute Gasteiger partial charge is 0.421 e. The Labute approximate surface area is 162 Å². The molecule has 0 atom stereocenters. The normalized spacial score (nSPS) is 12.2. The van der Waals surface area contributed by atoms with Crippen LogP contribution in [0.2, 0.25) is 0 Å². The highest BCUT2D eigenvalue weighted by Crippen LogP contribution is 2.26. The molecule has 27 heavy (non-hydrogen) atoms. The molecule has 3 rings (SSSR count). The van der Waals surface area contributed by atoms with E-state index >= 15 is 0 Å². The summed E-state index contributed by atoms with van der Waals surface area (Å²) in [6, 6.07) is 7.11. The summed E-state index contributed by atoms with van der Waals surface area (Å²) in [6.45, 7) is 3.50. The van der Waals surface area contributed by atoms with Crippen molar-refractivity contribution in [2.45, 2.75) is 33.1 Å². The minimum atomic E-state index is -0.460. The number of amides is 1. The number of hydrogen-bond acceptors (Lipinski definition) is 5. The number of carbonyl (C=O) groups excluding carboxylic acids is 2. The monoisotopic (exact) mass is 387 g/mol. The van der Waals surface area contributed by atoms with Gasteiger partial charge in [-0.25, -0.2) is 14.3 Å². The number of hydrogen-bond donors (Lipinski definition) is 3. The van der Waals surface area contributed by atoms with Gasteiger partial charge in [0.1, 0.15) is 0 Å². The molecule has 8 nitrogen and oxygen atoms in total. The van der Waals surface area contributed by atoms with Gasteiger partial charge in [0.15, 0.2) is 5.11 Å². The van der Waals surface area contributed by atoms with Crippen molar-refractivity contribution in [3.63, 3.8) is 0 Å². The van der Waals surface area contributed by atoms with E-state index in [1.807, 2.05) is 0 Å². The average Bonchev–Trinajstić information content (AvgIpc) is 3.16. The van der Waals surface area contributed by atoms with Crippen molar-refractivity contribution < 1.29 is 14.3 Å². The fourth-order valence-corrected chi connectivity index (χ4v) is 3.16. The third-order valence-corrected chi connectivity index (χ3v) is 4.23. The highest BCUT2D eigenvalue weighted by molar-refractivity contribution is 7.80. The van der Waals surface area contributed by atoms with Gasteiger partial charge in [0, 0.05) is 18.3 Å². The van der Waals surface area contributed by atoms with Gasteiger partial charge >= 0.3 is 6.09 Å². The SMILES string of the molecule is CCOC(=O)n1c(NC(=S)Nc2ccc(NC(C)=O)cc2)nc2c1CCC2. The first-order chi connectivity index (χ1) is 13.0. The molecule has 1 aliphatic carbocycles. The van der Waals surface area contributed by atoms with Gasteiger partial charge in [-0.15, -0.1) is 0 Å². The lowest BCUT2D eigenvalue weighted by molar-refractivity contribution is -0.114. The van der Waals surface area contributed by atoms with Crippen LogP contribution in [-0.4, -0.2) is 33.3 Å². The van der Waals surface area contributed by atoms with E-state index in [-0.39, 0.29) is 12.5 Å². The quantitative estimate of drug-likeness (QED) is 0.693. The second-order valence-electron chi connectivity index (χ2n) is 6.05. The van der Waals surface area contributed by atoms with E-state index in [4.69, 9.17) is 17.0 Å². The molecule has 0 radical (unpaired) electrons. The van der Waals surface area contributed by atoms with Crippen molar-refractivity contribution >= 4 is 46.7 Å². The van der Waals surface area contributed by atoms with Crippen LogP contribution in [0.3, 0.4) is 0 Å². The Bertz CT molecular complexity index is 876. The largest absolute Gasteiger partial charge is 0.449 e. The number of ether oxygens (including phenoxy) is 1. The molecule has 1 aromatic carbocycles. The topological polar surface area (TPSA) is 97.3 Å². The van der Waals surface area contributed by atoms with E-state index in [1.54, 1.807) is 31.2 Å². The lowest BCUT2D eigenvalue weighted by atomic mass is 10.3. The van der Waals surface area contributed by atoms with Crippen molar-refractivity contribution in [3.05, 3.63) is 35.7 Å². The van der Waals surface area contributed by atoms with Crippen molar-refractivity contribution in [2.75, 3.05) is 22.6 Å².